The number of pyridine rings is 1. The molecule has 1 saturated carbocycles. The zero-order chi connectivity index (χ0) is 22.1. The summed E-state index contributed by atoms with van der Waals surface area (Å²) in [5, 5.41) is 8.02. The van der Waals surface area contributed by atoms with Crippen LogP contribution in [0.3, 0.4) is 0 Å². The third-order valence-corrected chi connectivity index (χ3v) is 5.24. The van der Waals surface area contributed by atoms with E-state index in [1.807, 2.05) is 24.7 Å². The normalized spacial score (nSPS) is 18.4. The second-order valence-corrected chi connectivity index (χ2v) is 7.87. The number of rotatable bonds is 7. The first-order valence-electron chi connectivity index (χ1n) is 10.1. The highest BCUT2D eigenvalue weighted by molar-refractivity contribution is 6.08. The van der Waals surface area contributed by atoms with Crippen LogP contribution in [0, 0.1) is 0 Å². The lowest BCUT2D eigenvalue weighted by Gasteiger charge is -2.34. The van der Waals surface area contributed by atoms with Crippen molar-refractivity contribution in [2.45, 2.75) is 51.4 Å². The molecule has 1 aliphatic rings. The van der Waals surface area contributed by atoms with E-state index in [9.17, 15) is 13.6 Å². The van der Waals surface area contributed by atoms with Gasteiger partial charge in [-0.25, -0.2) is 13.8 Å². The first-order chi connectivity index (χ1) is 14.8. The first-order valence-corrected chi connectivity index (χ1v) is 10.1. The monoisotopic (exact) mass is 430 g/mol. The van der Waals surface area contributed by atoms with E-state index in [-0.39, 0.29) is 29.6 Å². The average molecular weight is 430 g/mol. The Morgan fingerprint density at radius 2 is 2.03 bits per heavy atom. The Bertz CT molecular complexity index is 1090. The number of hydrogen-bond donors (Lipinski definition) is 1. The number of halogens is 2. The van der Waals surface area contributed by atoms with Crippen LogP contribution < -0.4 is 10.1 Å². The van der Waals surface area contributed by atoms with Crippen LogP contribution in [0.25, 0.3) is 10.9 Å². The number of anilines is 1. The van der Waals surface area contributed by atoms with Crippen LogP contribution in [0.4, 0.5) is 14.6 Å². The largest absolute Gasteiger partial charge is 0.490 e. The van der Waals surface area contributed by atoms with E-state index in [0.29, 0.717) is 11.3 Å². The van der Waals surface area contributed by atoms with Gasteiger partial charge in [0, 0.05) is 24.8 Å². The number of hydrogen-bond acceptors (Lipinski definition) is 5. The molecule has 0 saturated heterocycles. The number of alkyl halides is 2. The fraction of sp³-hybridized carbons (Fsp3) is 0.409. The van der Waals surface area contributed by atoms with Gasteiger partial charge in [0.15, 0.2) is 0 Å². The Labute approximate surface area is 178 Å². The number of nitrogens with one attached hydrogen (secondary N) is 1. The number of nitrogens with zero attached hydrogens (tertiary/aromatic N) is 3. The Balaban J connectivity index is 1.64. The minimum Gasteiger partial charge on any atom is -0.490 e. The molecule has 0 spiro atoms. The minimum absolute atomic E-state index is 0.0502. The maximum Gasteiger partial charge on any atom is 0.280 e. The average Bonchev–Trinajstić information content (AvgIpc) is 3.08. The van der Waals surface area contributed by atoms with Crippen molar-refractivity contribution in [1.29, 1.82) is 0 Å². The second kappa shape index (κ2) is 8.58. The Morgan fingerprint density at radius 1 is 1.26 bits per heavy atom. The van der Waals surface area contributed by atoms with Crippen molar-refractivity contribution in [1.82, 2.24) is 14.8 Å². The van der Waals surface area contributed by atoms with E-state index in [2.05, 4.69) is 15.4 Å². The number of carbonyl (C=O) groups is 1. The molecule has 1 N–H and O–H groups in total. The third-order valence-electron chi connectivity index (χ3n) is 5.24. The Morgan fingerprint density at radius 3 is 2.71 bits per heavy atom. The molecule has 7 nitrogen and oxygen atoms in total. The molecule has 1 aliphatic carbocycles. The summed E-state index contributed by atoms with van der Waals surface area (Å²) in [6.07, 6.45) is 1.04. The number of ether oxygens (including phenoxy) is 2. The van der Waals surface area contributed by atoms with Crippen LogP contribution >= 0.6 is 0 Å². The van der Waals surface area contributed by atoms with Crippen LogP contribution in [-0.4, -0.2) is 40.0 Å². The van der Waals surface area contributed by atoms with Gasteiger partial charge in [-0.3, -0.25) is 9.48 Å². The number of methoxy groups -OCH3 is 1. The molecular weight excluding hydrogens is 406 g/mol. The summed E-state index contributed by atoms with van der Waals surface area (Å²) in [7, 11) is 1.70. The molecule has 164 valence electrons. The van der Waals surface area contributed by atoms with Gasteiger partial charge in [-0.1, -0.05) is 6.07 Å². The lowest BCUT2D eigenvalue weighted by molar-refractivity contribution is 0.00269. The van der Waals surface area contributed by atoms with Crippen LogP contribution in [0.5, 0.6) is 5.75 Å². The predicted molar refractivity (Wildman–Crippen MR) is 112 cm³/mol. The molecule has 0 atom stereocenters. The molecule has 0 aliphatic heterocycles. The van der Waals surface area contributed by atoms with Crippen molar-refractivity contribution in [2.75, 3.05) is 12.4 Å². The maximum atomic E-state index is 13.0. The second-order valence-electron chi connectivity index (χ2n) is 7.87. The Hall–Kier alpha value is -3.07. The fourth-order valence-corrected chi connectivity index (χ4v) is 3.56. The molecule has 3 aromatic rings. The molecule has 0 radical (unpaired) electrons. The molecule has 2 heterocycles. The molecule has 0 unspecified atom stereocenters. The molecule has 2 aromatic heterocycles. The summed E-state index contributed by atoms with van der Waals surface area (Å²) in [5.74, 6) is -0.0693. The van der Waals surface area contributed by atoms with Crippen LogP contribution in [-0.2, 0) is 4.74 Å². The summed E-state index contributed by atoms with van der Waals surface area (Å²) in [6.45, 7) is 3.72. The summed E-state index contributed by atoms with van der Waals surface area (Å²) >= 11 is 0. The molecule has 1 aromatic carbocycles. The van der Waals surface area contributed by atoms with Gasteiger partial charge < -0.3 is 14.8 Å². The van der Waals surface area contributed by atoms with E-state index in [0.717, 1.165) is 18.2 Å². The van der Waals surface area contributed by atoms with Gasteiger partial charge in [0.05, 0.1) is 29.3 Å². The van der Waals surface area contributed by atoms with Crippen molar-refractivity contribution in [3.8, 4) is 5.75 Å². The SMILES string of the molecule is COC1CC(n2cc3cc(C(=O)Nc4cccc(C(F)F)n4)c(OC(C)C)cc3n2)C1. The van der Waals surface area contributed by atoms with Gasteiger partial charge in [0.1, 0.15) is 17.3 Å². The molecular formula is C22H24F2N4O3. The fourth-order valence-electron chi connectivity index (χ4n) is 3.56. The maximum absolute atomic E-state index is 13.0. The Kier molecular flexibility index (Phi) is 5.86. The zero-order valence-electron chi connectivity index (χ0n) is 17.5. The molecule has 9 heteroatoms. The van der Waals surface area contributed by atoms with Gasteiger partial charge in [-0.15, -0.1) is 0 Å². The summed E-state index contributed by atoms with van der Waals surface area (Å²) in [5.41, 5.74) is 0.599. The number of benzene rings is 1. The van der Waals surface area contributed by atoms with Crippen LogP contribution in [0.2, 0.25) is 0 Å². The highest BCUT2D eigenvalue weighted by Crippen LogP contribution is 2.35. The van der Waals surface area contributed by atoms with Crippen molar-refractivity contribution < 1.29 is 23.0 Å². The molecule has 0 bridgehead atoms. The number of amides is 1. The first kappa shape index (κ1) is 21.2. The van der Waals surface area contributed by atoms with Crippen molar-refractivity contribution in [3.05, 3.63) is 47.8 Å². The van der Waals surface area contributed by atoms with Gasteiger partial charge in [-0.2, -0.15) is 5.10 Å². The van der Waals surface area contributed by atoms with Crippen molar-refractivity contribution >= 4 is 22.6 Å². The summed E-state index contributed by atoms with van der Waals surface area (Å²) < 4.78 is 38.9. The number of carbonyl (C=O) groups excluding carboxylic acids is 1. The van der Waals surface area contributed by atoms with E-state index >= 15 is 0 Å². The van der Waals surface area contributed by atoms with Gasteiger partial charge in [0.2, 0.25) is 0 Å². The molecule has 1 amide bonds. The number of aromatic nitrogens is 3. The van der Waals surface area contributed by atoms with Crippen molar-refractivity contribution in [3.63, 3.8) is 0 Å². The highest BCUT2D eigenvalue weighted by Gasteiger charge is 2.31. The highest BCUT2D eigenvalue weighted by atomic mass is 19.3. The van der Waals surface area contributed by atoms with Gasteiger partial charge in [-0.05, 0) is 44.9 Å². The summed E-state index contributed by atoms with van der Waals surface area (Å²) in [6, 6.07) is 7.79. The zero-order valence-corrected chi connectivity index (χ0v) is 17.5. The van der Waals surface area contributed by atoms with Gasteiger partial charge >= 0.3 is 0 Å². The predicted octanol–water partition coefficient (Wildman–Crippen LogP) is 4.76. The molecule has 31 heavy (non-hydrogen) atoms. The van der Waals surface area contributed by atoms with E-state index in [4.69, 9.17) is 9.47 Å². The van der Waals surface area contributed by atoms with Crippen LogP contribution in [0.1, 0.15) is 55.2 Å². The van der Waals surface area contributed by atoms with E-state index in [1.54, 1.807) is 19.2 Å². The van der Waals surface area contributed by atoms with E-state index in [1.165, 1.54) is 18.2 Å². The topological polar surface area (TPSA) is 78.3 Å². The smallest absolute Gasteiger partial charge is 0.280 e. The van der Waals surface area contributed by atoms with Crippen LogP contribution in [0.15, 0.2) is 36.5 Å². The van der Waals surface area contributed by atoms with E-state index < -0.39 is 18.0 Å². The third kappa shape index (κ3) is 4.51. The minimum atomic E-state index is -2.72. The van der Waals surface area contributed by atoms with Crippen molar-refractivity contribution in [2.24, 2.45) is 0 Å². The standard InChI is InChI=1S/C22H24F2N4O3/c1-12(2)31-19-10-18-13(11-28(27-18)14-8-15(9-14)30-3)7-16(19)22(29)26-20-6-4-5-17(25-20)21(23)24/h4-7,10-12,14-15,21H,8-9H2,1-3H3,(H,25,26,29). The quantitative estimate of drug-likeness (QED) is 0.585. The van der Waals surface area contributed by atoms with Gasteiger partial charge in [0.25, 0.3) is 12.3 Å². The molecule has 4 rings (SSSR count). The lowest BCUT2D eigenvalue weighted by Crippen LogP contribution is -2.32. The summed E-state index contributed by atoms with van der Waals surface area (Å²) in [4.78, 5) is 16.8. The molecule has 1 fully saturated rings. The number of fused-ring (bicyclic) bond motifs is 1. The lowest BCUT2D eigenvalue weighted by atomic mass is 9.89.